The smallest absolute Gasteiger partial charge is 0.303 e. The monoisotopic (exact) mass is 362 g/mol. The van der Waals surface area contributed by atoms with E-state index in [0.29, 0.717) is 11.4 Å². The van der Waals surface area contributed by atoms with Crippen LogP contribution in [0.15, 0.2) is 46.2 Å². The number of carboxylic acids is 1. The highest BCUT2D eigenvalue weighted by molar-refractivity contribution is 7.08. The lowest BCUT2D eigenvalue weighted by atomic mass is 9.99. The van der Waals surface area contributed by atoms with Crippen LogP contribution in [0.3, 0.4) is 0 Å². The van der Waals surface area contributed by atoms with Crippen LogP contribution in [-0.4, -0.2) is 27.7 Å². The first-order chi connectivity index (χ1) is 11.6. The molecular formula is C17H15ClN2O3S. The van der Waals surface area contributed by atoms with E-state index in [0.717, 1.165) is 16.8 Å². The Bertz CT molecular complexity index is 789. The third-order valence-corrected chi connectivity index (χ3v) is 4.86. The summed E-state index contributed by atoms with van der Waals surface area (Å²) in [6.07, 6.45) is 0.254. The van der Waals surface area contributed by atoms with Crippen molar-refractivity contribution in [2.24, 2.45) is 5.10 Å². The second-order valence-corrected chi connectivity index (χ2v) is 6.62. The number of amides is 1. The molecule has 5 nitrogen and oxygen atoms in total. The van der Waals surface area contributed by atoms with E-state index >= 15 is 0 Å². The van der Waals surface area contributed by atoms with Gasteiger partial charge in [-0.3, -0.25) is 9.59 Å². The first-order valence-corrected chi connectivity index (χ1v) is 8.76. The number of thiophene rings is 1. The van der Waals surface area contributed by atoms with Gasteiger partial charge in [-0.1, -0.05) is 29.8 Å². The molecule has 0 saturated heterocycles. The van der Waals surface area contributed by atoms with Crippen LogP contribution in [0.1, 0.15) is 36.4 Å². The van der Waals surface area contributed by atoms with Gasteiger partial charge in [0.05, 0.1) is 18.2 Å². The van der Waals surface area contributed by atoms with E-state index in [1.807, 2.05) is 35.0 Å². The minimum atomic E-state index is -1.00. The summed E-state index contributed by atoms with van der Waals surface area (Å²) in [5.41, 5.74) is 2.60. The molecule has 2 heterocycles. The molecule has 1 N–H and O–H groups in total. The number of hydrazone groups is 1. The number of carboxylic acid groups (broad SMARTS) is 1. The Morgan fingerprint density at radius 1 is 1.29 bits per heavy atom. The molecule has 124 valence electrons. The molecule has 1 aliphatic heterocycles. The molecule has 1 amide bonds. The van der Waals surface area contributed by atoms with Gasteiger partial charge >= 0.3 is 5.97 Å². The molecule has 0 spiro atoms. The number of benzene rings is 1. The fraction of sp³-hybridized carbons (Fsp3) is 0.235. The molecule has 3 rings (SSSR count). The number of rotatable bonds is 5. The van der Waals surface area contributed by atoms with E-state index in [1.165, 1.54) is 5.01 Å². The number of aliphatic carboxylic acids is 1. The molecule has 0 fully saturated rings. The molecule has 0 saturated carbocycles. The maximum atomic E-state index is 12.5. The molecule has 1 aliphatic rings. The number of nitrogens with zero attached hydrogens (tertiary/aromatic N) is 2. The van der Waals surface area contributed by atoms with Crippen molar-refractivity contribution in [2.75, 3.05) is 0 Å². The molecule has 2 aromatic rings. The van der Waals surface area contributed by atoms with Crippen molar-refractivity contribution in [3.63, 3.8) is 0 Å². The third kappa shape index (κ3) is 3.49. The molecule has 1 aromatic heterocycles. The lowest BCUT2D eigenvalue weighted by molar-refractivity contribution is -0.141. The Morgan fingerprint density at radius 2 is 2.08 bits per heavy atom. The Balaban J connectivity index is 1.91. The standard InChI is InChI=1S/C17H15ClN2O3S/c18-13-4-2-1-3-12(13)15-9-14(11-7-8-24-10-11)19-20(15)16(21)5-6-17(22)23/h1-4,7-8,10,15H,5-6,9H2,(H,22,23)/t15-/m0/s1. The molecule has 24 heavy (non-hydrogen) atoms. The highest BCUT2D eigenvalue weighted by Crippen LogP contribution is 2.36. The molecule has 1 aromatic carbocycles. The number of halogens is 1. The summed E-state index contributed by atoms with van der Waals surface area (Å²) in [4.78, 5) is 23.2. The van der Waals surface area contributed by atoms with Crippen LogP contribution < -0.4 is 0 Å². The van der Waals surface area contributed by atoms with Gasteiger partial charge in [-0.15, -0.1) is 0 Å². The molecule has 0 bridgehead atoms. The first-order valence-electron chi connectivity index (χ1n) is 7.44. The average molecular weight is 363 g/mol. The molecule has 0 unspecified atom stereocenters. The molecular weight excluding hydrogens is 348 g/mol. The van der Waals surface area contributed by atoms with Gasteiger partial charge < -0.3 is 5.11 Å². The Labute approximate surface area is 148 Å². The van der Waals surface area contributed by atoms with Crippen molar-refractivity contribution in [1.82, 2.24) is 5.01 Å². The number of carbonyl (C=O) groups is 2. The lowest BCUT2D eigenvalue weighted by Crippen LogP contribution is -2.27. The highest BCUT2D eigenvalue weighted by atomic mass is 35.5. The third-order valence-electron chi connectivity index (χ3n) is 3.84. The summed E-state index contributed by atoms with van der Waals surface area (Å²) in [6, 6.07) is 8.99. The van der Waals surface area contributed by atoms with Crippen LogP contribution >= 0.6 is 22.9 Å². The number of hydrogen-bond acceptors (Lipinski definition) is 4. The Hall–Kier alpha value is -2.18. The molecule has 1 atom stereocenters. The van der Waals surface area contributed by atoms with E-state index < -0.39 is 5.97 Å². The van der Waals surface area contributed by atoms with E-state index in [1.54, 1.807) is 17.4 Å². The van der Waals surface area contributed by atoms with E-state index in [9.17, 15) is 9.59 Å². The van der Waals surface area contributed by atoms with Crippen molar-refractivity contribution in [1.29, 1.82) is 0 Å². The maximum Gasteiger partial charge on any atom is 0.303 e. The fourth-order valence-electron chi connectivity index (χ4n) is 2.66. The van der Waals surface area contributed by atoms with Crippen LogP contribution in [0.5, 0.6) is 0 Å². The SMILES string of the molecule is O=C(O)CCC(=O)N1N=C(c2ccsc2)C[C@H]1c1ccccc1Cl. The average Bonchev–Trinajstić information content (AvgIpc) is 3.22. The van der Waals surface area contributed by atoms with Crippen molar-refractivity contribution in [3.8, 4) is 0 Å². The van der Waals surface area contributed by atoms with E-state index in [2.05, 4.69) is 5.10 Å². The molecule has 0 radical (unpaired) electrons. The normalized spacial score (nSPS) is 17.0. The van der Waals surface area contributed by atoms with Gasteiger partial charge in [0.1, 0.15) is 0 Å². The topological polar surface area (TPSA) is 70.0 Å². The second-order valence-electron chi connectivity index (χ2n) is 5.43. The molecule has 7 heteroatoms. The van der Waals surface area contributed by atoms with Crippen molar-refractivity contribution >= 4 is 40.5 Å². The highest BCUT2D eigenvalue weighted by Gasteiger charge is 2.34. The zero-order valence-corrected chi connectivity index (χ0v) is 14.3. The van der Waals surface area contributed by atoms with Crippen molar-refractivity contribution < 1.29 is 14.7 Å². The van der Waals surface area contributed by atoms with Gasteiger partial charge in [-0.05, 0) is 28.5 Å². The van der Waals surface area contributed by atoms with Crippen LogP contribution in [0, 0.1) is 0 Å². The van der Waals surface area contributed by atoms with Crippen LogP contribution in [0.4, 0.5) is 0 Å². The van der Waals surface area contributed by atoms with Crippen molar-refractivity contribution in [2.45, 2.75) is 25.3 Å². The summed E-state index contributed by atoms with van der Waals surface area (Å²) in [5.74, 6) is -1.31. The number of carbonyl (C=O) groups excluding carboxylic acids is 1. The summed E-state index contributed by atoms with van der Waals surface area (Å²) in [7, 11) is 0. The Kier molecular flexibility index (Phi) is 4.97. The van der Waals surface area contributed by atoms with Gasteiger partial charge in [0, 0.05) is 23.4 Å². The fourth-order valence-corrected chi connectivity index (χ4v) is 3.59. The van der Waals surface area contributed by atoms with Crippen LogP contribution in [0.25, 0.3) is 0 Å². The van der Waals surface area contributed by atoms with Crippen LogP contribution in [0.2, 0.25) is 5.02 Å². The largest absolute Gasteiger partial charge is 0.481 e. The van der Waals surface area contributed by atoms with Gasteiger partial charge in [0.2, 0.25) is 5.91 Å². The quantitative estimate of drug-likeness (QED) is 0.875. The van der Waals surface area contributed by atoms with E-state index in [-0.39, 0.29) is 24.8 Å². The van der Waals surface area contributed by atoms with Crippen LogP contribution in [-0.2, 0) is 9.59 Å². The van der Waals surface area contributed by atoms with Gasteiger partial charge in [0.25, 0.3) is 0 Å². The predicted octanol–water partition coefficient (Wildman–Crippen LogP) is 3.94. The van der Waals surface area contributed by atoms with Gasteiger partial charge in [-0.2, -0.15) is 16.4 Å². The lowest BCUT2D eigenvalue weighted by Gasteiger charge is -2.22. The van der Waals surface area contributed by atoms with Gasteiger partial charge in [-0.25, -0.2) is 5.01 Å². The van der Waals surface area contributed by atoms with Crippen molar-refractivity contribution in [3.05, 3.63) is 57.2 Å². The molecule has 0 aliphatic carbocycles. The number of hydrogen-bond donors (Lipinski definition) is 1. The predicted molar refractivity (Wildman–Crippen MR) is 93.4 cm³/mol. The van der Waals surface area contributed by atoms with E-state index in [4.69, 9.17) is 16.7 Å². The summed E-state index contributed by atoms with van der Waals surface area (Å²) < 4.78 is 0. The first kappa shape index (κ1) is 16.7. The zero-order valence-electron chi connectivity index (χ0n) is 12.7. The second kappa shape index (κ2) is 7.15. The maximum absolute atomic E-state index is 12.5. The Morgan fingerprint density at radius 3 is 2.75 bits per heavy atom. The summed E-state index contributed by atoms with van der Waals surface area (Å²) in [6.45, 7) is 0. The minimum Gasteiger partial charge on any atom is -0.481 e. The van der Waals surface area contributed by atoms with Gasteiger partial charge in [0.15, 0.2) is 0 Å². The summed E-state index contributed by atoms with van der Waals surface area (Å²) >= 11 is 7.86. The minimum absolute atomic E-state index is 0.0866. The zero-order chi connectivity index (χ0) is 17.1. The summed E-state index contributed by atoms with van der Waals surface area (Å²) in [5, 5.41) is 19.2.